The summed E-state index contributed by atoms with van der Waals surface area (Å²) >= 11 is 0. The molecule has 1 unspecified atom stereocenters. The Morgan fingerprint density at radius 1 is 1.17 bits per heavy atom. The lowest BCUT2D eigenvalue weighted by Gasteiger charge is -2.17. The third kappa shape index (κ3) is 5.31. The van der Waals surface area contributed by atoms with Crippen molar-refractivity contribution in [3.8, 4) is 5.75 Å². The molecule has 128 valence electrons. The molecule has 0 fully saturated rings. The standard InChI is InChI=1S/C18H20F2N2O2/c1-12(14-7-5-8-16(10-14)22-13(2)23)21-11-15-6-3-4-9-17(15)24-18(19)20/h3-10,12,18,21H,11H2,1-2H3,(H,22,23). The second-order valence-corrected chi connectivity index (χ2v) is 5.40. The molecule has 1 amide bonds. The first-order chi connectivity index (χ1) is 11.5. The maximum absolute atomic E-state index is 12.4. The number of benzene rings is 2. The van der Waals surface area contributed by atoms with Crippen molar-refractivity contribution in [2.24, 2.45) is 0 Å². The predicted molar refractivity (Wildman–Crippen MR) is 89.1 cm³/mol. The fourth-order valence-corrected chi connectivity index (χ4v) is 2.33. The zero-order valence-corrected chi connectivity index (χ0v) is 13.6. The second-order valence-electron chi connectivity index (χ2n) is 5.40. The van der Waals surface area contributed by atoms with E-state index in [4.69, 9.17) is 0 Å². The number of anilines is 1. The average molecular weight is 334 g/mol. The molecule has 0 aliphatic heterocycles. The third-order valence-corrected chi connectivity index (χ3v) is 3.49. The van der Waals surface area contributed by atoms with Gasteiger partial charge in [0.25, 0.3) is 0 Å². The van der Waals surface area contributed by atoms with Crippen LogP contribution in [0.15, 0.2) is 48.5 Å². The highest BCUT2D eigenvalue weighted by atomic mass is 19.3. The van der Waals surface area contributed by atoms with E-state index < -0.39 is 6.61 Å². The molecule has 0 aromatic heterocycles. The van der Waals surface area contributed by atoms with Crippen LogP contribution in [0.25, 0.3) is 0 Å². The van der Waals surface area contributed by atoms with Gasteiger partial charge >= 0.3 is 6.61 Å². The Labute approximate surface area is 139 Å². The van der Waals surface area contributed by atoms with Gasteiger partial charge in [-0.1, -0.05) is 30.3 Å². The van der Waals surface area contributed by atoms with Crippen molar-refractivity contribution in [1.29, 1.82) is 0 Å². The summed E-state index contributed by atoms with van der Waals surface area (Å²) in [5.41, 5.74) is 2.35. The molecule has 0 heterocycles. The quantitative estimate of drug-likeness (QED) is 0.801. The number of alkyl halides is 2. The summed E-state index contributed by atoms with van der Waals surface area (Å²) in [6.07, 6.45) is 0. The minimum absolute atomic E-state index is 0.0293. The Balaban J connectivity index is 2.03. The third-order valence-electron chi connectivity index (χ3n) is 3.49. The van der Waals surface area contributed by atoms with E-state index in [0.717, 1.165) is 11.3 Å². The van der Waals surface area contributed by atoms with E-state index >= 15 is 0 Å². The molecule has 0 bridgehead atoms. The van der Waals surface area contributed by atoms with Crippen LogP contribution in [0.4, 0.5) is 14.5 Å². The van der Waals surface area contributed by atoms with Gasteiger partial charge in [0.15, 0.2) is 0 Å². The van der Waals surface area contributed by atoms with Crippen molar-refractivity contribution in [1.82, 2.24) is 5.32 Å². The van der Waals surface area contributed by atoms with Gasteiger partial charge in [-0.3, -0.25) is 4.79 Å². The summed E-state index contributed by atoms with van der Waals surface area (Å²) in [5, 5.41) is 6.01. The molecule has 2 aromatic rings. The first-order valence-corrected chi connectivity index (χ1v) is 7.59. The monoisotopic (exact) mass is 334 g/mol. The van der Waals surface area contributed by atoms with Crippen molar-refractivity contribution in [2.75, 3.05) is 5.32 Å². The highest BCUT2D eigenvalue weighted by Crippen LogP contribution is 2.22. The number of carbonyl (C=O) groups is 1. The molecular formula is C18H20F2N2O2. The summed E-state index contributed by atoms with van der Waals surface area (Å²) in [4.78, 5) is 11.1. The number of hydrogen-bond donors (Lipinski definition) is 2. The number of carbonyl (C=O) groups excluding carboxylic acids is 1. The van der Waals surface area contributed by atoms with Crippen molar-refractivity contribution in [3.05, 3.63) is 59.7 Å². The lowest BCUT2D eigenvalue weighted by Crippen LogP contribution is -2.19. The Bertz CT molecular complexity index is 692. The first kappa shape index (κ1) is 17.9. The van der Waals surface area contributed by atoms with E-state index in [1.165, 1.54) is 13.0 Å². The van der Waals surface area contributed by atoms with Crippen LogP contribution < -0.4 is 15.4 Å². The molecule has 0 aliphatic rings. The number of nitrogens with one attached hydrogen (secondary N) is 2. The fourth-order valence-electron chi connectivity index (χ4n) is 2.33. The summed E-state index contributed by atoms with van der Waals surface area (Å²) in [6, 6.07) is 14.1. The first-order valence-electron chi connectivity index (χ1n) is 7.59. The zero-order chi connectivity index (χ0) is 17.5. The van der Waals surface area contributed by atoms with Crippen LogP contribution in [0.5, 0.6) is 5.75 Å². The number of halogens is 2. The molecule has 2 N–H and O–H groups in total. The summed E-state index contributed by atoms with van der Waals surface area (Å²) < 4.78 is 29.4. The van der Waals surface area contributed by atoms with E-state index in [1.54, 1.807) is 18.2 Å². The number of rotatable bonds is 7. The van der Waals surface area contributed by atoms with Gasteiger partial charge in [0, 0.05) is 30.8 Å². The lowest BCUT2D eigenvalue weighted by molar-refractivity contribution is -0.114. The fraction of sp³-hybridized carbons (Fsp3) is 0.278. The summed E-state index contributed by atoms with van der Waals surface area (Å²) in [7, 11) is 0. The van der Waals surface area contributed by atoms with Crippen LogP contribution in [0, 0.1) is 0 Å². The second kappa shape index (κ2) is 8.40. The summed E-state index contributed by atoms with van der Waals surface area (Å²) in [6.45, 7) is 0.949. The van der Waals surface area contributed by atoms with Gasteiger partial charge in [0.2, 0.25) is 5.91 Å². The normalized spacial score (nSPS) is 12.0. The molecule has 0 saturated heterocycles. The Morgan fingerprint density at radius 3 is 2.62 bits per heavy atom. The molecule has 4 nitrogen and oxygen atoms in total. The molecule has 0 aliphatic carbocycles. The molecule has 2 rings (SSSR count). The minimum Gasteiger partial charge on any atom is -0.434 e. The maximum Gasteiger partial charge on any atom is 0.387 e. The van der Waals surface area contributed by atoms with E-state index in [2.05, 4.69) is 15.4 Å². The van der Waals surface area contributed by atoms with Crippen LogP contribution in [-0.4, -0.2) is 12.5 Å². The van der Waals surface area contributed by atoms with Gasteiger partial charge < -0.3 is 15.4 Å². The average Bonchev–Trinajstić information content (AvgIpc) is 2.53. The van der Waals surface area contributed by atoms with E-state index in [1.807, 2.05) is 31.2 Å². The molecule has 0 spiro atoms. The van der Waals surface area contributed by atoms with Gasteiger partial charge in [0.05, 0.1) is 0 Å². The maximum atomic E-state index is 12.4. The number of ether oxygens (including phenoxy) is 1. The van der Waals surface area contributed by atoms with Crippen molar-refractivity contribution < 1.29 is 18.3 Å². The van der Waals surface area contributed by atoms with Gasteiger partial charge in [-0.05, 0) is 30.7 Å². The van der Waals surface area contributed by atoms with E-state index in [0.29, 0.717) is 12.1 Å². The highest BCUT2D eigenvalue weighted by Gasteiger charge is 2.11. The van der Waals surface area contributed by atoms with Gasteiger partial charge in [-0.15, -0.1) is 0 Å². The minimum atomic E-state index is -2.85. The van der Waals surface area contributed by atoms with Crippen molar-refractivity contribution in [3.63, 3.8) is 0 Å². The molecule has 1 atom stereocenters. The summed E-state index contributed by atoms with van der Waals surface area (Å²) in [5.74, 6) is 0.0324. The van der Waals surface area contributed by atoms with Gasteiger partial charge in [-0.25, -0.2) is 0 Å². The van der Waals surface area contributed by atoms with Crippen LogP contribution >= 0.6 is 0 Å². The molecule has 2 aromatic carbocycles. The Kier molecular flexibility index (Phi) is 6.26. The topological polar surface area (TPSA) is 50.4 Å². The molecular weight excluding hydrogens is 314 g/mol. The highest BCUT2D eigenvalue weighted by molar-refractivity contribution is 5.88. The van der Waals surface area contributed by atoms with Crippen LogP contribution in [-0.2, 0) is 11.3 Å². The largest absolute Gasteiger partial charge is 0.434 e. The number of para-hydroxylation sites is 1. The predicted octanol–water partition coefficient (Wildman–Crippen LogP) is 4.10. The Morgan fingerprint density at radius 2 is 1.92 bits per heavy atom. The number of amides is 1. The molecule has 0 radical (unpaired) electrons. The smallest absolute Gasteiger partial charge is 0.387 e. The SMILES string of the molecule is CC(=O)Nc1cccc(C(C)NCc2ccccc2OC(F)F)c1. The van der Waals surface area contributed by atoms with Crippen molar-refractivity contribution >= 4 is 11.6 Å². The van der Waals surface area contributed by atoms with E-state index in [9.17, 15) is 13.6 Å². The zero-order valence-electron chi connectivity index (χ0n) is 13.6. The van der Waals surface area contributed by atoms with Gasteiger partial charge in [-0.2, -0.15) is 8.78 Å². The van der Waals surface area contributed by atoms with Crippen LogP contribution in [0.1, 0.15) is 31.0 Å². The lowest BCUT2D eigenvalue weighted by atomic mass is 10.1. The molecule has 0 saturated carbocycles. The molecule has 24 heavy (non-hydrogen) atoms. The van der Waals surface area contributed by atoms with Crippen molar-refractivity contribution in [2.45, 2.75) is 33.0 Å². The van der Waals surface area contributed by atoms with Crippen LogP contribution in [0.3, 0.4) is 0 Å². The van der Waals surface area contributed by atoms with Gasteiger partial charge in [0.1, 0.15) is 5.75 Å². The van der Waals surface area contributed by atoms with E-state index in [-0.39, 0.29) is 17.7 Å². The van der Waals surface area contributed by atoms with Crippen LogP contribution in [0.2, 0.25) is 0 Å². The Hall–Kier alpha value is -2.47. The molecule has 6 heteroatoms. The number of hydrogen-bond acceptors (Lipinski definition) is 3.